The van der Waals surface area contributed by atoms with Crippen molar-refractivity contribution in [2.24, 2.45) is 0 Å². The maximum Gasteiger partial charge on any atom is 0.418 e. The minimum Gasteiger partial charge on any atom is -0.258 e. The third-order valence-electron chi connectivity index (χ3n) is 4.55. The van der Waals surface area contributed by atoms with E-state index in [9.17, 15) is 23.3 Å². The number of pyridine rings is 1. The number of nitrogens with zero attached hydrogens (tertiary/aromatic N) is 2. The molecule has 142 valence electrons. The van der Waals surface area contributed by atoms with Crippen LogP contribution in [0.1, 0.15) is 22.4 Å². The monoisotopic (exact) mass is 402 g/mol. The average molecular weight is 402 g/mol. The molecule has 2 aromatic carbocycles. The molecule has 0 unspecified atom stereocenters. The number of nitro benzene ring substituents is 1. The molecule has 0 atom stereocenters. The van der Waals surface area contributed by atoms with Crippen LogP contribution >= 0.6 is 11.8 Å². The quantitative estimate of drug-likeness (QED) is 0.399. The van der Waals surface area contributed by atoms with Gasteiger partial charge in [-0.15, -0.1) is 11.8 Å². The van der Waals surface area contributed by atoms with Gasteiger partial charge in [0.1, 0.15) is 0 Å². The van der Waals surface area contributed by atoms with E-state index in [0.29, 0.717) is 23.1 Å². The Morgan fingerprint density at radius 1 is 1.11 bits per heavy atom. The van der Waals surface area contributed by atoms with Crippen molar-refractivity contribution in [2.75, 3.05) is 5.75 Å². The summed E-state index contributed by atoms with van der Waals surface area (Å²) in [5.74, 6) is 0.763. The zero-order valence-electron chi connectivity index (χ0n) is 14.4. The van der Waals surface area contributed by atoms with Gasteiger partial charge in [0.2, 0.25) is 0 Å². The Hall–Kier alpha value is -2.87. The standard InChI is InChI=1S/C20H13F3N2O2S/c21-20(22,23)15-6-3-5-14-18(15)24-16(13-10-11-28-19(13)14)9-8-12-4-1-2-7-17(12)25(26)27/h1-9H,10-11H2. The highest BCUT2D eigenvalue weighted by Gasteiger charge is 2.34. The molecule has 1 aromatic heterocycles. The number of nitro groups is 1. The van der Waals surface area contributed by atoms with E-state index < -0.39 is 16.7 Å². The second kappa shape index (κ2) is 6.94. The number of benzene rings is 2. The predicted octanol–water partition coefficient (Wildman–Crippen LogP) is 5.98. The maximum absolute atomic E-state index is 13.5. The van der Waals surface area contributed by atoms with E-state index in [0.717, 1.165) is 22.3 Å². The second-order valence-corrected chi connectivity index (χ2v) is 7.36. The molecule has 1 aliphatic heterocycles. The summed E-state index contributed by atoms with van der Waals surface area (Å²) >= 11 is 1.51. The van der Waals surface area contributed by atoms with Crippen molar-refractivity contribution in [3.63, 3.8) is 0 Å². The van der Waals surface area contributed by atoms with Crippen LogP contribution < -0.4 is 0 Å². The fourth-order valence-electron chi connectivity index (χ4n) is 3.31. The lowest BCUT2D eigenvalue weighted by Gasteiger charge is -2.13. The van der Waals surface area contributed by atoms with E-state index in [4.69, 9.17) is 0 Å². The van der Waals surface area contributed by atoms with Crippen LogP contribution in [-0.2, 0) is 12.6 Å². The fourth-order valence-corrected chi connectivity index (χ4v) is 4.52. The molecular formula is C20H13F3N2O2S. The first kappa shape index (κ1) is 18.5. The van der Waals surface area contributed by atoms with Crippen LogP contribution in [0, 0.1) is 10.1 Å². The molecule has 0 saturated heterocycles. The Balaban J connectivity index is 1.90. The van der Waals surface area contributed by atoms with Gasteiger partial charge in [0.25, 0.3) is 5.69 Å². The maximum atomic E-state index is 13.5. The van der Waals surface area contributed by atoms with E-state index in [1.807, 2.05) is 0 Å². The van der Waals surface area contributed by atoms with Crippen LogP contribution in [0.2, 0.25) is 0 Å². The lowest BCUT2D eigenvalue weighted by molar-refractivity contribution is -0.385. The molecule has 2 heterocycles. The van der Waals surface area contributed by atoms with Gasteiger partial charge >= 0.3 is 6.18 Å². The Morgan fingerprint density at radius 2 is 1.89 bits per heavy atom. The van der Waals surface area contributed by atoms with Gasteiger partial charge in [-0.3, -0.25) is 10.1 Å². The van der Waals surface area contributed by atoms with Gasteiger partial charge in [0.05, 0.1) is 27.3 Å². The lowest BCUT2D eigenvalue weighted by atomic mass is 10.0. The molecule has 0 fully saturated rings. The topological polar surface area (TPSA) is 56.0 Å². The highest BCUT2D eigenvalue weighted by molar-refractivity contribution is 7.99. The first-order chi connectivity index (χ1) is 13.4. The molecule has 1 aliphatic rings. The zero-order valence-corrected chi connectivity index (χ0v) is 15.2. The summed E-state index contributed by atoms with van der Waals surface area (Å²) in [4.78, 5) is 15.8. The summed E-state index contributed by atoms with van der Waals surface area (Å²) in [6.45, 7) is 0. The Morgan fingerprint density at radius 3 is 2.64 bits per heavy atom. The van der Waals surface area contributed by atoms with Gasteiger partial charge < -0.3 is 0 Å². The van der Waals surface area contributed by atoms with Gasteiger partial charge in [-0.2, -0.15) is 13.2 Å². The van der Waals surface area contributed by atoms with Gasteiger partial charge in [-0.25, -0.2) is 4.98 Å². The van der Waals surface area contributed by atoms with Crippen LogP contribution in [0.3, 0.4) is 0 Å². The third kappa shape index (κ3) is 3.24. The highest BCUT2D eigenvalue weighted by Crippen LogP contribution is 2.42. The van der Waals surface area contributed by atoms with Crippen molar-refractivity contribution in [3.05, 3.63) is 75.0 Å². The molecule has 0 saturated carbocycles. The molecule has 0 bridgehead atoms. The number of fused-ring (bicyclic) bond motifs is 3. The Bertz CT molecular complexity index is 1130. The smallest absolute Gasteiger partial charge is 0.258 e. The van der Waals surface area contributed by atoms with Crippen molar-refractivity contribution in [2.45, 2.75) is 17.5 Å². The molecule has 0 N–H and O–H groups in total. The van der Waals surface area contributed by atoms with Crippen LogP contribution in [0.15, 0.2) is 47.4 Å². The average Bonchev–Trinajstić information content (AvgIpc) is 3.15. The molecule has 8 heteroatoms. The molecule has 0 radical (unpaired) electrons. The van der Waals surface area contributed by atoms with E-state index in [2.05, 4.69) is 4.98 Å². The predicted molar refractivity (Wildman–Crippen MR) is 103 cm³/mol. The lowest BCUT2D eigenvalue weighted by Crippen LogP contribution is -2.07. The first-order valence-corrected chi connectivity index (χ1v) is 9.42. The number of para-hydroxylation sites is 2. The van der Waals surface area contributed by atoms with E-state index in [-0.39, 0.29) is 11.2 Å². The summed E-state index contributed by atoms with van der Waals surface area (Å²) < 4.78 is 40.4. The summed E-state index contributed by atoms with van der Waals surface area (Å²) in [5, 5.41) is 11.7. The second-order valence-electron chi connectivity index (χ2n) is 6.25. The number of halogens is 3. The van der Waals surface area contributed by atoms with Crippen LogP contribution in [0.5, 0.6) is 0 Å². The third-order valence-corrected chi connectivity index (χ3v) is 5.72. The van der Waals surface area contributed by atoms with Crippen molar-refractivity contribution in [1.82, 2.24) is 4.98 Å². The van der Waals surface area contributed by atoms with Gasteiger partial charge in [0.15, 0.2) is 0 Å². The molecule has 0 spiro atoms. The highest BCUT2D eigenvalue weighted by atomic mass is 32.2. The molecule has 28 heavy (non-hydrogen) atoms. The number of rotatable bonds is 3. The van der Waals surface area contributed by atoms with E-state index in [1.165, 1.54) is 30.0 Å². The minimum absolute atomic E-state index is 0.0680. The molecular weight excluding hydrogens is 389 g/mol. The number of aromatic nitrogens is 1. The number of hydrogen-bond acceptors (Lipinski definition) is 4. The molecule has 0 amide bonds. The minimum atomic E-state index is -4.51. The fraction of sp³-hybridized carbons (Fsp3) is 0.150. The number of thioether (sulfide) groups is 1. The summed E-state index contributed by atoms with van der Waals surface area (Å²) in [6.07, 6.45) is -0.718. The van der Waals surface area contributed by atoms with Crippen LogP contribution in [0.4, 0.5) is 18.9 Å². The molecule has 4 nitrogen and oxygen atoms in total. The first-order valence-electron chi connectivity index (χ1n) is 8.43. The molecule has 0 aliphatic carbocycles. The number of hydrogen-bond donors (Lipinski definition) is 0. The molecule has 3 aromatic rings. The largest absolute Gasteiger partial charge is 0.418 e. The van der Waals surface area contributed by atoms with Gasteiger partial charge in [0, 0.05) is 22.1 Å². The van der Waals surface area contributed by atoms with Crippen LogP contribution in [-0.4, -0.2) is 15.7 Å². The Labute approximate surface area is 162 Å². The summed E-state index contributed by atoms with van der Waals surface area (Å²) in [5.41, 5.74) is 0.736. The van der Waals surface area contributed by atoms with Crippen molar-refractivity contribution >= 4 is 40.5 Å². The summed E-state index contributed by atoms with van der Waals surface area (Å²) in [7, 11) is 0. The summed E-state index contributed by atoms with van der Waals surface area (Å²) in [6, 6.07) is 10.3. The Kier molecular flexibility index (Phi) is 4.58. The van der Waals surface area contributed by atoms with E-state index in [1.54, 1.807) is 30.3 Å². The van der Waals surface area contributed by atoms with Gasteiger partial charge in [-0.05, 0) is 36.3 Å². The van der Waals surface area contributed by atoms with E-state index >= 15 is 0 Å². The molecule has 4 rings (SSSR count). The van der Waals surface area contributed by atoms with Crippen molar-refractivity contribution < 1.29 is 18.1 Å². The normalized spacial score (nSPS) is 14.0. The van der Waals surface area contributed by atoms with Crippen molar-refractivity contribution in [3.8, 4) is 0 Å². The zero-order chi connectivity index (χ0) is 19.9. The number of alkyl halides is 3. The SMILES string of the molecule is O=[N+]([O-])c1ccccc1C=Cc1nc2c(C(F)(F)F)cccc2c2c1CCS2. The van der Waals surface area contributed by atoms with Gasteiger partial charge in [-0.1, -0.05) is 24.3 Å². The van der Waals surface area contributed by atoms with Crippen LogP contribution in [0.25, 0.3) is 23.1 Å². The van der Waals surface area contributed by atoms with Crippen molar-refractivity contribution in [1.29, 1.82) is 0 Å².